The van der Waals surface area contributed by atoms with Crippen LogP contribution in [0.3, 0.4) is 0 Å². The van der Waals surface area contributed by atoms with Crippen LogP contribution in [0.2, 0.25) is 0 Å². The van der Waals surface area contributed by atoms with E-state index in [-0.39, 0.29) is 11.5 Å². The number of nitrogens with one attached hydrogen (secondary N) is 2. The first-order chi connectivity index (χ1) is 7.47. The van der Waals surface area contributed by atoms with E-state index in [4.69, 9.17) is 5.26 Å². The highest BCUT2D eigenvalue weighted by Crippen LogP contribution is 2.18. The monoisotopic (exact) mass is 220 g/mol. The number of nitrogens with zero attached hydrogens (tertiary/aromatic N) is 2. The van der Waals surface area contributed by atoms with Crippen LogP contribution in [0.25, 0.3) is 0 Å². The SMILES string of the molecule is CCC(C#N)NCc1cnc(C(C)(C)C)[nH]1. The average Bonchev–Trinajstić information content (AvgIpc) is 2.67. The highest BCUT2D eigenvalue weighted by Gasteiger charge is 2.17. The Bertz CT molecular complexity index is 367. The fourth-order valence-corrected chi connectivity index (χ4v) is 1.34. The molecule has 0 saturated carbocycles. The molecule has 16 heavy (non-hydrogen) atoms. The van der Waals surface area contributed by atoms with E-state index in [0.717, 1.165) is 17.9 Å². The highest BCUT2D eigenvalue weighted by molar-refractivity contribution is 5.08. The van der Waals surface area contributed by atoms with E-state index in [1.807, 2.05) is 13.1 Å². The Balaban J connectivity index is 2.57. The van der Waals surface area contributed by atoms with Crippen LogP contribution in [0, 0.1) is 11.3 Å². The van der Waals surface area contributed by atoms with Gasteiger partial charge in [-0.1, -0.05) is 27.7 Å². The molecule has 1 unspecified atom stereocenters. The molecule has 0 saturated heterocycles. The molecule has 1 aromatic heterocycles. The number of H-pyrrole nitrogens is 1. The van der Waals surface area contributed by atoms with Gasteiger partial charge in [0, 0.05) is 23.9 Å². The Morgan fingerprint density at radius 2 is 2.25 bits per heavy atom. The summed E-state index contributed by atoms with van der Waals surface area (Å²) >= 11 is 0. The van der Waals surface area contributed by atoms with Crippen LogP contribution in [0.4, 0.5) is 0 Å². The minimum Gasteiger partial charge on any atom is -0.344 e. The topological polar surface area (TPSA) is 64.5 Å². The Morgan fingerprint density at radius 3 is 2.69 bits per heavy atom. The quantitative estimate of drug-likeness (QED) is 0.816. The highest BCUT2D eigenvalue weighted by atomic mass is 15.0. The molecule has 1 heterocycles. The van der Waals surface area contributed by atoms with Crippen molar-refractivity contribution in [1.82, 2.24) is 15.3 Å². The summed E-state index contributed by atoms with van der Waals surface area (Å²) in [7, 11) is 0. The minimum absolute atomic E-state index is 0.0393. The third kappa shape index (κ3) is 3.35. The number of aromatic nitrogens is 2. The third-order valence-electron chi connectivity index (χ3n) is 2.44. The summed E-state index contributed by atoms with van der Waals surface area (Å²) in [5, 5.41) is 12.0. The molecule has 2 N–H and O–H groups in total. The lowest BCUT2D eigenvalue weighted by atomic mass is 9.96. The van der Waals surface area contributed by atoms with Crippen LogP contribution in [-0.4, -0.2) is 16.0 Å². The van der Waals surface area contributed by atoms with E-state index >= 15 is 0 Å². The molecule has 4 nitrogen and oxygen atoms in total. The second-order valence-electron chi connectivity index (χ2n) is 4.98. The van der Waals surface area contributed by atoms with Gasteiger partial charge in [0.25, 0.3) is 0 Å². The largest absolute Gasteiger partial charge is 0.344 e. The molecule has 4 heteroatoms. The molecule has 0 aliphatic heterocycles. The fourth-order valence-electron chi connectivity index (χ4n) is 1.34. The minimum atomic E-state index is -0.0820. The second kappa shape index (κ2) is 5.13. The Hall–Kier alpha value is -1.34. The van der Waals surface area contributed by atoms with E-state index in [1.54, 1.807) is 0 Å². The number of aromatic amines is 1. The molecular weight excluding hydrogens is 200 g/mol. The first-order valence-electron chi connectivity index (χ1n) is 5.64. The summed E-state index contributed by atoms with van der Waals surface area (Å²) in [5.74, 6) is 0.981. The van der Waals surface area contributed by atoms with Crippen LogP contribution in [0.15, 0.2) is 6.20 Å². The van der Waals surface area contributed by atoms with Gasteiger partial charge in [0.05, 0.1) is 12.1 Å². The first kappa shape index (κ1) is 12.7. The smallest absolute Gasteiger partial charge is 0.111 e. The molecule has 0 aliphatic rings. The van der Waals surface area contributed by atoms with Crippen molar-refractivity contribution < 1.29 is 0 Å². The normalized spacial score (nSPS) is 13.4. The van der Waals surface area contributed by atoms with Crippen molar-refractivity contribution >= 4 is 0 Å². The molecular formula is C12H20N4. The van der Waals surface area contributed by atoms with E-state index < -0.39 is 0 Å². The summed E-state index contributed by atoms with van der Waals surface area (Å²) < 4.78 is 0. The molecule has 0 spiro atoms. The summed E-state index contributed by atoms with van der Waals surface area (Å²) in [6.45, 7) is 9.01. The number of hydrogen-bond donors (Lipinski definition) is 2. The van der Waals surface area contributed by atoms with Gasteiger partial charge in [0.1, 0.15) is 5.82 Å². The van der Waals surface area contributed by atoms with E-state index in [9.17, 15) is 0 Å². The van der Waals surface area contributed by atoms with Gasteiger partial charge in [0.15, 0.2) is 0 Å². The lowest BCUT2D eigenvalue weighted by molar-refractivity contribution is 0.545. The molecule has 0 aliphatic carbocycles. The zero-order valence-electron chi connectivity index (χ0n) is 10.5. The molecule has 1 aromatic rings. The molecule has 0 aromatic carbocycles. The van der Waals surface area contributed by atoms with Gasteiger partial charge in [0.2, 0.25) is 0 Å². The van der Waals surface area contributed by atoms with Crippen molar-refractivity contribution in [2.45, 2.75) is 52.1 Å². The van der Waals surface area contributed by atoms with Crippen LogP contribution in [-0.2, 0) is 12.0 Å². The predicted molar refractivity (Wildman–Crippen MR) is 63.8 cm³/mol. The number of rotatable bonds is 4. The lowest BCUT2D eigenvalue weighted by Crippen LogP contribution is -2.26. The van der Waals surface area contributed by atoms with Crippen LogP contribution in [0.1, 0.15) is 45.6 Å². The third-order valence-corrected chi connectivity index (χ3v) is 2.44. The average molecular weight is 220 g/mol. The van der Waals surface area contributed by atoms with E-state index in [1.165, 1.54) is 0 Å². The van der Waals surface area contributed by atoms with Crippen molar-refractivity contribution in [2.24, 2.45) is 0 Å². The maximum Gasteiger partial charge on any atom is 0.111 e. The van der Waals surface area contributed by atoms with Crippen molar-refractivity contribution in [3.63, 3.8) is 0 Å². The molecule has 88 valence electrons. The predicted octanol–water partition coefficient (Wildman–Crippen LogP) is 2.10. The van der Waals surface area contributed by atoms with Crippen molar-refractivity contribution in [3.05, 3.63) is 17.7 Å². The fraction of sp³-hybridized carbons (Fsp3) is 0.667. The van der Waals surface area contributed by atoms with Crippen molar-refractivity contribution in [1.29, 1.82) is 5.26 Å². The second-order valence-corrected chi connectivity index (χ2v) is 4.98. The van der Waals surface area contributed by atoms with Crippen LogP contribution >= 0.6 is 0 Å². The summed E-state index contributed by atoms with van der Waals surface area (Å²) in [6.07, 6.45) is 2.65. The molecule has 0 fully saturated rings. The number of imidazole rings is 1. The summed E-state index contributed by atoms with van der Waals surface area (Å²) in [5.41, 5.74) is 1.07. The van der Waals surface area contributed by atoms with Crippen molar-refractivity contribution in [2.75, 3.05) is 0 Å². The molecule has 1 rings (SSSR count). The van der Waals surface area contributed by atoms with Crippen LogP contribution < -0.4 is 5.32 Å². The van der Waals surface area contributed by atoms with Crippen molar-refractivity contribution in [3.8, 4) is 6.07 Å². The summed E-state index contributed by atoms with van der Waals surface area (Å²) in [4.78, 5) is 7.61. The Labute approximate surface area is 97.1 Å². The Morgan fingerprint density at radius 1 is 1.56 bits per heavy atom. The van der Waals surface area contributed by atoms with Gasteiger partial charge < -0.3 is 4.98 Å². The molecule has 0 radical (unpaired) electrons. The standard InChI is InChI=1S/C12H20N4/c1-5-9(6-13)14-7-10-8-15-11(16-10)12(2,3)4/h8-9,14H,5,7H2,1-4H3,(H,15,16). The first-order valence-corrected chi connectivity index (χ1v) is 5.64. The zero-order chi connectivity index (χ0) is 12.2. The van der Waals surface area contributed by atoms with Gasteiger partial charge in [-0.3, -0.25) is 5.32 Å². The molecule has 0 bridgehead atoms. The number of nitriles is 1. The van der Waals surface area contributed by atoms with E-state index in [0.29, 0.717) is 6.54 Å². The maximum absolute atomic E-state index is 8.80. The zero-order valence-corrected chi connectivity index (χ0v) is 10.5. The lowest BCUT2D eigenvalue weighted by Gasteiger charge is -2.14. The molecule has 1 atom stereocenters. The summed E-state index contributed by atoms with van der Waals surface area (Å²) in [6, 6.07) is 2.13. The maximum atomic E-state index is 8.80. The number of hydrogen-bond acceptors (Lipinski definition) is 3. The van der Waals surface area contributed by atoms with Gasteiger partial charge in [-0.15, -0.1) is 0 Å². The van der Waals surface area contributed by atoms with Gasteiger partial charge in [-0.2, -0.15) is 5.26 Å². The van der Waals surface area contributed by atoms with Crippen LogP contribution in [0.5, 0.6) is 0 Å². The molecule has 0 amide bonds. The van der Waals surface area contributed by atoms with Gasteiger partial charge >= 0.3 is 0 Å². The van der Waals surface area contributed by atoms with E-state index in [2.05, 4.69) is 42.1 Å². The van der Waals surface area contributed by atoms with Gasteiger partial charge in [-0.25, -0.2) is 4.98 Å². The Kier molecular flexibility index (Phi) is 4.08. The van der Waals surface area contributed by atoms with Gasteiger partial charge in [-0.05, 0) is 6.42 Å².